The van der Waals surface area contributed by atoms with Crippen LogP contribution in [0.4, 0.5) is 0 Å². The maximum Gasteiger partial charge on any atom is 0.223 e. The number of hydrogen-bond acceptors (Lipinski definition) is 3. The molecule has 1 aromatic rings. The topological polar surface area (TPSA) is 64.3 Å². The van der Waals surface area contributed by atoms with E-state index < -0.39 is 0 Å². The molecule has 0 spiro atoms. The van der Waals surface area contributed by atoms with Crippen LogP contribution in [0, 0.1) is 13.8 Å². The van der Waals surface area contributed by atoms with E-state index in [1.807, 2.05) is 6.92 Å². The van der Waals surface area contributed by atoms with Crippen LogP contribution in [0.5, 0.6) is 0 Å². The van der Waals surface area contributed by atoms with Gasteiger partial charge in [-0.25, -0.2) is 0 Å². The molecule has 4 nitrogen and oxygen atoms in total. The number of hydrogen-bond donors (Lipinski definition) is 2. The molecule has 19 heavy (non-hydrogen) atoms. The van der Waals surface area contributed by atoms with Crippen LogP contribution in [-0.2, 0) is 9.53 Å². The second kappa shape index (κ2) is 7.26. The molecule has 0 fully saturated rings. The number of methoxy groups -OCH3 is 1. The normalized spacial score (nSPS) is 13.9. The summed E-state index contributed by atoms with van der Waals surface area (Å²) in [6, 6.07) is 6.23. The van der Waals surface area contributed by atoms with E-state index in [1.54, 1.807) is 7.11 Å². The van der Waals surface area contributed by atoms with Crippen molar-refractivity contribution in [2.24, 2.45) is 5.73 Å². The van der Waals surface area contributed by atoms with Crippen LogP contribution in [0.15, 0.2) is 18.2 Å². The van der Waals surface area contributed by atoms with Crippen LogP contribution < -0.4 is 11.1 Å². The minimum absolute atomic E-state index is 0.0108. The number of benzene rings is 1. The summed E-state index contributed by atoms with van der Waals surface area (Å²) in [5.41, 5.74) is 9.06. The first-order valence-electron chi connectivity index (χ1n) is 6.57. The average Bonchev–Trinajstić information content (AvgIpc) is 2.35. The molecule has 2 atom stereocenters. The van der Waals surface area contributed by atoms with E-state index in [1.165, 1.54) is 11.1 Å². The van der Waals surface area contributed by atoms with Gasteiger partial charge in [-0.3, -0.25) is 4.79 Å². The van der Waals surface area contributed by atoms with Crippen molar-refractivity contribution in [2.75, 3.05) is 13.7 Å². The van der Waals surface area contributed by atoms with E-state index in [9.17, 15) is 4.79 Å². The van der Waals surface area contributed by atoms with E-state index in [-0.39, 0.29) is 18.1 Å². The summed E-state index contributed by atoms with van der Waals surface area (Å²) in [7, 11) is 1.57. The summed E-state index contributed by atoms with van der Waals surface area (Å²) in [6.45, 7) is 6.45. The molecule has 1 aromatic carbocycles. The standard InChI is InChI=1S/C15H24N2O2/c1-10-5-6-14(11(2)7-10)12(3)17-15(18)8-13(9-16)19-4/h5-7,12-13H,8-9,16H2,1-4H3,(H,17,18). The monoisotopic (exact) mass is 264 g/mol. The molecule has 4 heteroatoms. The predicted octanol–water partition coefficient (Wildman–Crippen LogP) is 1.84. The molecule has 0 saturated carbocycles. The van der Waals surface area contributed by atoms with Crippen molar-refractivity contribution < 1.29 is 9.53 Å². The van der Waals surface area contributed by atoms with Gasteiger partial charge >= 0.3 is 0 Å². The van der Waals surface area contributed by atoms with E-state index in [0.29, 0.717) is 13.0 Å². The molecular formula is C15H24N2O2. The Kier molecular flexibility index (Phi) is 5.99. The van der Waals surface area contributed by atoms with Crippen molar-refractivity contribution in [1.29, 1.82) is 0 Å². The van der Waals surface area contributed by atoms with Crippen molar-refractivity contribution >= 4 is 5.91 Å². The van der Waals surface area contributed by atoms with Crippen LogP contribution in [0.3, 0.4) is 0 Å². The number of rotatable bonds is 6. The zero-order valence-corrected chi connectivity index (χ0v) is 12.2. The highest BCUT2D eigenvalue weighted by molar-refractivity contribution is 5.77. The lowest BCUT2D eigenvalue weighted by atomic mass is 10.00. The Hall–Kier alpha value is -1.39. The van der Waals surface area contributed by atoms with Gasteiger partial charge in [-0.1, -0.05) is 23.8 Å². The zero-order valence-electron chi connectivity index (χ0n) is 12.2. The summed E-state index contributed by atoms with van der Waals surface area (Å²) in [5.74, 6) is -0.0372. The molecule has 0 radical (unpaired) electrons. The lowest BCUT2D eigenvalue weighted by Gasteiger charge is -2.19. The minimum atomic E-state index is -0.216. The third kappa shape index (κ3) is 4.65. The summed E-state index contributed by atoms with van der Waals surface area (Å²) >= 11 is 0. The number of nitrogens with one attached hydrogen (secondary N) is 1. The molecule has 0 aliphatic carbocycles. The summed E-state index contributed by atoms with van der Waals surface area (Å²) in [5, 5.41) is 2.98. The molecule has 1 amide bonds. The van der Waals surface area contributed by atoms with E-state index in [4.69, 9.17) is 10.5 Å². The Morgan fingerprint density at radius 3 is 2.63 bits per heavy atom. The number of amides is 1. The predicted molar refractivity (Wildman–Crippen MR) is 76.9 cm³/mol. The summed E-state index contributed by atoms with van der Waals surface area (Å²) < 4.78 is 5.11. The first kappa shape index (κ1) is 15.7. The highest BCUT2D eigenvalue weighted by Crippen LogP contribution is 2.18. The second-order valence-electron chi connectivity index (χ2n) is 4.95. The first-order chi connectivity index (χ1) is 8.97. The largest absolute Gasteiger partial charge is 0.380 e. The van der Waals surface area contributed by atoms with Gasteiger partial charge in [-0.2, -0.15) is 0 Å². The Morgan fingerprint density at radius 1 is 1.42 bits per heavy atom. The van der Waals surface area contributed by atoms with Crippen LogP contribution >= 0.6 is 0 Å². The molecule has 2 unspecified atom stereocenters. The quantitative estimate of drug-likeness (QED) is 0.824. The van der Waals surface area contributed by atoms with Crippen LogP contribution in [0.1, 0.15) is 36.1 Å². The number of ether oxygens (including phenoxy) is 1. The minimum Gasteiger partial charge on any atom is -0.380 e. The van der Waals surface area contributed by atoms with Gasteiger partial charge < -0.3 is 15.8 Å². The highest BCUT2D eigenvalue weighted by atomic mass is 16.5. The first-order valence-corrected chi connectivity index (χ1v) is 6.57. The molecule has 0 aliphatic heterocycles. The Bertz CT molecular complexity index is 428. The highest BCUT2D eigenvalue weighted by Gasteiger charge is 2.15. The number of carbonyl (C=O) groups is 1. The summed E-state index contributed by atoms with van der Waals surface area (Å²) in [4.78, 5) is 11.9. The maximum atomic E-state index is 11.9. The van der Waals surface area contributed by atoms with Crippen LogP contribution in [0.2, 0.25) is 0 Å². The van der Waals surface area contributed by atoms with Gasteiger partial charge in [0.05, 0.1) is 18.6 Å². The summed E-state index contributed by atoms with van der Waals surface area (Å²) in [6.07, 6.45) is 0.0775. The third-order valence-corrected chi connectivity index (χ3v) is 3.28. The van der Waals surface area contributed by atoms with E-state index in [0.717, 1.165) is 5.56 Å². The number of aryl methyl sites for hydroxylation is 2. The molecule has 0 aromatic heterocycles. The fraction of sp³-hybridized carbons (Fsp3) is 0.533. The average molecular weight is 264 g/mol. The van der Waals surface area contributed by atoms with Crippen molar-refractivity contribution in [3.8, 4) is 0 Å². The lowest BCUT2D eigenvalue weighted by Crippen LogP contribution is -2.33. The Balaban J connectivity index is 2.63. The third-order valence-electron chi connectivity index (χ3n) is 3.28. The van der Waals surface area contributed by atoms with Crippen molar-refractivity contribution in [1.82, 2.24) is 5.32 Å². The lowest BCUT2D eigenvalue weighted by molar-refractivity contribution is -0.124. The van der Waals surface area contributed by atoms with Gasteiger partial charge in [0.15, 0.2) is 0 Å². The number of nitrogens with two attached hydrogens (primary N) is 1. The van der Waals surface area contributed by atoms with Crippen molar-refractivity contribution in [2.45, 2.75) is 39.3 Å². The SMILES string of the molecule is COC(CN)CC(=O)NC(C)c1ccc(C)cc1C. The second-order valence-corrected chi connectivity index (χ2v) is 4.95. The van der Waals surface area contributed by atoms with Crippen molar-refractivity contribution in [3.05, 3.63) is 34.9 Å². The van der Waals surface area contributed by atoms with Gasteiger partial charge in [0.25, 0.3) is 0 Å². The molecule has 1 rings (SSSR count). The molecule has 0 saturated heterocycles. The molecule has 106 valence electrons. The molecular weight excluding hydrogens is 240 g/mol. The molecule has 3 N–H and O–H groups in total. The van der Waals surface area contributed by atoms with Crippen LogP contribution in [-0.4, -0.2) is 25.7 Å². The van der Waals surface area contributed by atoms with Gasteiger partial charge in [0.1, 0.15) is 0 Å². The fourth-order valence-electron chi connectivity index (χ4n) is 2.16. The molecule has 0 bridgehead atoms. The van der Waals surface area contributed by atoms with E-state index >= 15 is 0 Å². The van der Waals surface area contributed by atoms with Gasteiger partial charge in [-0.15, -0.1) is 0 Å². The Morgan fingerprint density at radius 2 is 2.11 bits per heavy atom. The molecule has 0 heterocycles. The van der Waals surface area contributed by atoms with Gasteiger partial charge in [0.2, 0.25) is 5.91 Å². The van der Waals surface area contributed by atoms with E-state index in [2.05, 4.69) is 37.4 Å². The maximum absolute atomic E-state index is 11.9. The smallest absolute Gasteiger partial charge is 0.223 e. The number of carbonyl (C=O) groups excluding carboxylic acids is 1. The molecule has 0 aliphatic rings. The Labute approximate surface area is 115 Å². The van der Waals surface area contributed by atoms with Crippen LogP contribution in [0.25, 0.3) is 0 Å². The van der Waals surface area contributed by atoms with Gasteiger partial charge in [0, 0.05) is 13.7 Å². The fourth-order valence-corrected chi connectivity index (χ4v) is 2.16. The van der Waals surface area contributed by atoms with Crippen molar-refractivity contribution in [3.63, 3.8) is 0 Å². The zero-order chi connectivity index (χ0) is 14.4. The van der Waals surface area contributed by atoms with Gasteiger partial charge in [-0.05, 0) is 31.9 Å².